The molecule has 0 aliphatic rings. The van der Waals surface area contributed by atoms with Crippen LogP contribution in [0.2, 0.25) is 0 Å². The molecule has 4 unspecified atom stereocenters. The van der Waals surface area contributed by atoms with Gasteiger partial charge < -0.3 is 49.4 Å². The molecule has 0 fully saturated rings. The van der Waals surface area contributed by atoms with E-state index in [1.54, 1.807) is 0 Å². The van der Waals surface area contributed by atoms with Crippen molar-refractivity contribution in [2.75, 3.05) is 33.0 Å². The summed E-state index contributed by atoms with van der Waals surface area (Å²) in [5.74, 6) is -1.04. The summed E-state index contributed by atoms with van der Waals surface area (Å²) in [5.41, 5.74) is -1.64. The van der Waals surface area contributed by atoms with Crippen LogP contribution in [0.4, 0.5) is 4.79 Å². The van der Waals surface area contributed by atoms with E-state index in [-0.39, 0.29) is 50.2 Å². The highest BCUT2D eigenvalue weighted by atomic mass is 16.7. The third-order valence-corrected chi connectivity index (χ3v) is 6.16. The molecule has 0 aliphatic carbocycles. The Morgan fingerprint density at radius 3 is 1.76 bits per heavy atom. The highest BCUT2D eigenvalue weighted by Crippen LogP contribution is 2.34. The second-order valence-electron chi connectivity index (χ2n) is 14.3. The van der Waals surface area contributed by atoms with Crippen LogP contribution in [0.5, 0.6) is 0 Å². The van der Waals surface area contributed by atoms with Gasteiger partial charge in [0, 0.05) is 6.54 Å². The molecule has 0 saturated heterocycles. The second-order valence-corrected chi connectivity index (χ2v) is 14.3. The lowest BCUT2D eigenvalue weighted by Gasteiger charge is -2.37. The first kappa shape index (κ1) is 40.5. The minimum Gasteiger partial charge on any atom is -0.481 e. The molecular weight excluding hydrogens is 550 g/mol. The third kappa shape index (κ3) is 21.2. The van der Waals surface area contributed by atoms with E-state index in [0.717, 1.165) is 0 Å². The van der Waals surface area contributed by atoms with E-state index in [1.807, 2.05) is 48.5 Å². The Bertz CT molecular complexity index is 774. The van der Waals surface area contributed by atoms with Crippen LogP contribution in [0, 0.1) is 10.8 Å². The van der Waals surface area contributed by atoms with E-state index in [2.05, 4.69) is 26.1 Å². The van der Waals surface area contributed by atoms with Crippen molar-refractivity contribution in [1.82, 2.24) is 5.32 Å². The second kappa shape index (κ2) is 18.3. The SMILES string of the molecule is CC(C)(C)CC(CO)OC(CO)OC(C)(C)CCC(C)(C)CC(CO)OC(COC(=O)NCCC(=O)O)OC(C)(C)C. The van der Waals surface area contributed by atoms with E-state index < -0.39 is 48.1 Å². The monoisotopic (exact) mass is 609 g/mol. The zero-order valence-electron chi connectivity index (χ0n) is 27.5. The number of aliphatic carboxylic acids is 1. The van der Waals surface area contributed by atoms with Gasteiger partial charge in [0.25, 0.3) is 0 Å². The minimum atomic E-state index is -1.04. The zero-order chi connectivity index (χ0) is 32.8. The van der Waals surface area contributed by atoms with Crippen molar-refractivity contribution in [3.8, 4) is 0 Å². The van der Waals surface area contributed by atoms with Crippen LogP contribution in [-0.4, -0.2) is 101 Å². The number of hydrogen-bond donors (Lipinski definition) is 5. The molecule has 0 saturated carbocycles. The first-order valence-electron chi connectivity index (χ1n) is 14.7. The van der Waals surface area contributed by atoms with Crippen molar-refractivity contribution < 1.29 is 53.7 Å². The number of alkyl carbamates (subject to hydrolysis) is 1. The molecule has 0 heterocycles. The summed E-state index contributed by atoms with van der Waals surface area (Å²) in [5, 5.41) is 40.8. The number of carboxylic acid groups (broad SMARTS) is 1. The van der Waals surface area contributed by atoms with Crippen LogP contribution >= 0.6 is 0 Å². The van der Waals surface area contributed by atoms with Crippen LogP contribution in [-0.2, 0) is 28.5 Å². The van der Waals surface area contributed by atoms with Gasteiger partial charge in [-0.25, -0.2) is 4.79 Å². The van der Waals surface area contributed by atoms with E-state index in [0.29, 0.717) is 25.7 Å². The molecule has 42 heavy (non-hydrogen) atoms. The highest BCUT2D eigenvalue weighted by molar-refractivity contribution is 5.70. The molecule has 250 valence electrons. The highest BCUT2D eigenvalue weighted by Gasteiger charge is 2.33. The number of carboxylic acids is 1. The smallest absolute Gasteiger partial charge is 0.407 e. The summed E-state index contributed by atoms with van der Waals surface area (Å²) in [6, 6.07) is 0. The van der Waals surface area contributed by atoms with Crippen LogP contribution in [0.3, 0.4) is 0 Å². The van der Waals surface area contributed by atoms with E-state index in [4.69, 9.17) is 28.8 Å². The van der Waals surface area contributed by atoms with Crippen molar-refractivity contribution in [1.29, 1.82) is 0 Å². The van der Waals surface area contributed by atoms with Gasteiger partial charge in [-0.1, -0.05) is 34.6 Å². The Labute approximate surface area is 252 Å². The van der Waals surface area contributed by atoms with E-state index in [1.165, 1.54) is 0 Å². The van der Waals surface area contributed by atoms with Crippen LogP contribution in [0.25, 0.3) is 0 Å². The summed E-state index contributed by atoms with van der Waals surface area (Å²) in [6.45, 7) is 18.4. The minimum absolute atomic E-state index is 0.0598. The molecule has 0 radical (unpaired) electrons. The quantitative estimate of drug-likeness (QED) is 0.120. The molecular formula is C30H59NO11. The standard InChI is InChI=1S/C30H59NO11/c1-27(2,3)15-21(17-32)39-24(19-34)42-30(9,10)13-12-29(7,8)16-22(18-33)40-25(41-28(4,5)6)20-38-26(37)31-14-11-23(35)36/h21-22,24-25,32-34H,11-20H2,1-10H3,(H,31,37)(H,35,36). The number of amides is 1. The molecule has 0 aliphatic heterocycles. The lowest BCUT2D eigenvalue weighted by atomic mass is 9.79. The van der Waals surface area contributed by atoms with E-state index in [9.17, 15) is 24.9 Å². The van der Waals surface area contributed by atoms with Gasteiger partial charge in [-0.3, -0.25) is 4.79 Å². The van der Waals surface area contributed by atoms with Crippen molar-refractivity contribution in [3.05, 3.63) is 0 Å². The van der Waals surface area contributed by atoms with Crippen LogP contribution in [0.15, 0.2) is 0 Å². The molecule has 12 heteroatoms. The average molecular weight is 610 g/mol. The van der Waals surface area contributed by atoms with Gasteiger partial charge in [-0.05, 0) is 71.1 Å². The third-order valence-electron chi connectivity index (χ3n) is 6.16. The summed E-state index contributed by atoms with van der Waals surface area (Å²) in [7, 11) is 0. The lowest BCUT2D eigenvalue weighted by Crippen LogP contribution is -2.40. The summed E-state index contributed by atoms with van der Waals surface area (Å²) in [6.07, 6.45) is -1.56. The number of hydrogen-bond acceptors (Lipinski definition) is 10. The van der Waals surface area contributed by atoms with Crippen molar-refractivity contribution in [2.45, 2.75) is 137 Å². The van der Waals surface area contributed by atoms with Crippen LogP contribution in [0.1, 0.15) is 101 Å². The first-order valence-corrected chi connectivity index (χ1v) is 14.7. The van der Waals surface area contributed by atoms with Gasteiger partial charge in [0.2, 0.25) is 0 Å². The molecule has 12 nitrogen and oxygen atoms in total. The predicted octanol–water partition coefficient (Wildman–Crippen LogP) is 3.83. The van der Waals surface area contributed by atoms with Gasteiger partial charge in [-0.15, -0.1) is 0 Å². The van der Waals surface area contributed by atoms with Crippen LogP contribution < -0.4 is 5.32 Å². The lowest BCUT2D eigenvalue weighted by molar-refractivity contribution is -0.245. The summed E-state index contributed by atoms with van der Waals surface area (Å²) >= 11 is 0. The fourth-order valence-corrected chi connectivity index (χ4v) is 4.27. The number of carbonyl (C=O) groups is 2. The Morgan fingerprint density at radius 2 is 1.29 bits per heavy atom. The molecule has 0 aromatic heterocycles. The maximum atomic E-state index is 12.0. The first-order chi connectivity index (χ1) is 19.1. The molecule has 0 spiro atoms. The van der Waals surface area contributed by atoms with Crippen molar-refractivity contribution in [3.63, 3.8) is 0 Å². The van der Waals surface area contributed by atoms with Gasteiger partial charge >= 0.3 is 12.1 Å². The predicted molar refractivity (Wildman–Crippen MR) is 158 cm³/mol. The van der Waals surface area contributed by atoms with Crippen molar-refractivity contribution >= 4 is 12.1 Å². The number of nitrogens with one attached hydrogen (secondary N) is 1. The molecule has 0 rings (SSSR count). The molecule has 5 N–H and O–H groups in total. The molecule has 0 aromatic rings. The Morgan fingerprint density at radius 1 is 0.738 bits per heavy atom. The molecule has 4 atom stereocenters. The van der Waals surface area contributed by atoms with Gasteiger partial charge in [-0.2, -0.15) is 0 Å². The normalized spacial score (nSPS) is 16.0. The topological polar surface area (TPSA) is 173 Å². The zero-order valence-corrected chi connectivity index (χ0v) is 27.5. The Balaban J connectivity index is 5.15. The largest absolute Gasteiger partial charge is 0.481 e. The Hall–Kier alpha value is -1.54. The van der Waals surface area contributed by atoms with Gasteiger partial charge in [0.05, 0.1) is 49.7 Å². The van der Waals surface area contributed by atoms with Gasteiger partial charge in [0.15, 0.2) is 12.6 Å². The number of carbonyl (C=O) groups excluding carboxylic acids is 1. The average Bonchev–Trinajstić information content (AvgIpc) is 2.82. The molecule has 0 bridgehead atoms. The fraction of sp³-hybridized carbons (Fsp3) is 0.933. The fourth-order valence-electron chi connectivity index (χ4n) is 4.27. The van der Waals surface area contributed by atoms with Crippen molar-refractivity contribution in [2.24, 2.45) is 10.8 Å². The summed E-state index contributed by atoms with van der Waals surface area (Å²) in [4.78, 5) is 22.6. The summed E-state index contributed by atoms with van der Waals surface area (Å²) < 4.78 is 29.1. The number of rotatable bonds is 21. The number of aliphatic hydroxyl groups excluding tert-OH is 3. The number of ether oxygens (including phenoxy) is 5. The van der Waals surface area contributed by atoms with E-state index >= 15 is 0 Å². The Kier molecular flexibility index (Phi) is 17.6. The maximum Gasteiger partial charge on any atom is 0.407 e. The number of aliphatic hydroxyl groups is 3. The molecule has 0 aromatic carbocycles. The molecule has 1 amide bonds. The maximum absolute atomic E-state index is 12.0. The van der Waals surface area contributed by atoms with Gasteiger partial charge in [0.1, 0.15) is 6.61 Å².